The third kappa shape index (κ3) is 3.88. The molecule has 1 fully saturated rings. The smallest absolute Gasteiger partial charge is 0.248 e. The molecule has 0 saturated carbocycles. The zero-order valence-corrected chi connectivity index (χ0v) is 10.3. The van der Waals surface area contributed by atoms with E-state index in [0.29, 0.717) is 5.02 Å². The Bertz CT molecular complexity index is 418. The number of rotatable bonds is 2. The summed E-state index contributed by atoms with van der Waals surface area (Å²) in [5.74, 6) is -0.0655. The van der Waals surface area contributed by atoms with Crippen molar-refractivity contribution in [3.8, 4) is 0 Å². The molecule has 1 aromatic rings. The molecule has 0 unspecified atom stereocenters. The van der Waals surface area contributed by atoms with Gasteiger partial charge in [-0.25, -0.2) is 0 Å². The molecule has 1 amide bonds. The summed E-state index contributed by atoms with van der Waals surface area (Å²) in [6.07, 6.45) is 3.61. The van der Waals surface area contributed by atoms with Crippen molar-refractivity contribution in [3.05, 3.63) is 40.9 Å². The number of halogens is 1. The summed E-state index contributed by atoms with van der Waals surface area (Å²) in [5.41, 5.74) is 1.97. The monoisotopic (exact) mass is 250 g/mol. The van der Waals surface area contributed by atoms with Crippen molar-refractivity contribution in [2.24, 2.45) is 0 Å². The van der Waals surface area contributed by atoms with E-state index in [1.807, 2.05) is 0 Å². The maximum Gasteiger partial charge on any atom is 0.248 e. The predicted octanol–water partition coefficient (Wildman–Crippen LogP) is 2.59. The predicted molar refractivity (Wildman–Crippen MR) is 70.3 cm³/mol. The molecule has 1 aliphatic rings. The fourth-order valence-corrected chi connectivity index (χ4v) is 1.92. The molecule has 4 heteroatoms. The average molecular weight is 251 g/mol. The summed E-state index contributed by atoms with van der Waals surface area (Å²) >= 11 is 5.77. The summed E-state index contributed by atoms with van der Waals surface area (Å²) in [5, 5.41) is 6.75. The average Bonchev–Trinajstić information content (AvgIpc) is 2.33. The molecule has 1 aromatic carbocycles. The Labute approximate surface area is 106 Å². The minimum atomic E-state index is -0.0655. The van der Waals surface area contributed by atoms with E-state index < -0.39 is 0 Å². The molecule has 90 valence electrons. The van der Waals surface area contributed by atoms with Crippen LogP contribution in [-0.2, 0) is 4.79 Å². The van der Waals surface area contributed by atoms with E-state index in [-0.39, 0.29) is 5.91 Å². The van der Waals surface area contributed by atoms with Crippen LogP contribution in [0, 0.1) is 0 Å². The molecule has 2 N–H and O–H groups in total. The van der Waals surface area contributed by atoms with Gasteiger partial charge in [-0.2, -0.15) is 0 Å². The van der Waals surface area contributed by atoms with Gasteiger partial charge in [0.15, 0.2) is 0 Å². The number of hydrogen-bond acceptors (Lipinski definition) is 2. The minimum Gasteiger partial charge on any atom is -0.323 e. The van der Waals surface area contributed by atoms with Crippen LogP contribution in [0.2, 0.25) is 5.02 Å². The highest BCUT2D eigenvalue weighted by atomic mass is 35.5. The summed E-state index contributed by atoms with van der Waals surface area (Å²) < 4.78 is 0. The van der Waals surface area contributed by atoms with E-state index in [1.165, 1.54) is 5.57 Å². The molecule has 0 aromatic heterocycles. The third-order valence-corrected chi connectivity index (χ3v) is 2.94. The van der Waals surface area contributed by atoms with Gasteiger partial charge in [0.1, 0.15) is 0 Å². The molecular formula is C13H15ClN2O. The fourth-order valence-electron chi connectivity index (χ4n) is 1.79. The summed E-state index contributed by atoms with van der Waals surface area (Å²) in [6.45, 7) is 1.92. The first kappa shape index (κ1) is 12.1. The van der Waals surface area contributed by atoms with Crippen molar-refractivity contribution < 1.29 is 4.79 Å². The molecule has 1 aliphatic heterocycles. The lowest BCUT2D eigenvalue weighted by molar-refractivity contribution is -0.112. The molecule has 0 radical (unpaired) electrons. The summed E-state index contributed by atoms with van der Waals surface area (Å²) in [6, 6.07) is 7.10. The molecule has 2 rings (SSSR count). The van der Waals surface area contributed by atoms with E-state index >= 15 is 0 Å². The number of carbonyl (C=O) groups excluding carboxylic acids is 1. The number of hydrogen-bond donors (Lipinski definition) is 2. The fraction of sp³-hybridized carbons (Fsp3) is 0.308. The lowest BCUT2D eigenvalue weighted by atomic mass is 10.1. The van der Waals surface area contributed by atoms with Crippen LogP contribution < -0.4 is 10.6 Å². The zero-order chi connectivity index (χ0) is 12.1. The third-order valence-electron chi connectivity index (χ3n) is 2.69. The molecule has 0 spiro atoms. The second kappa shape index (κ2) is 5.84. The first-order valence-corrected chi connectivity index (χ1v) is 6.08. The van der Waals surface area contributed by atoms with Crippen molar-refractivity contribution in [1.82, 2.24) is 5.32 Å². The van der Waals surface area contributed by atoms with Gasteiger partial charge in [-0.15, -0.1) is 0 Å². The lowest BCUT2D eigenvalue weighted by Gasteiger charge is -2.14. The standard InChI is InChI=1S/C13H15ClN2O/c14-11-1-3-12(4-2-11)16-13(17)9-10-5-7-15-8-6-10/h1-4,9,15H,5-8H2,(H,16,17). The van der Waals surface area contributed by atoms with Crippen molar-refractivity contribution in [2.45, 2.75) is 12.8 Å². The van der Waals surface area contributed by atoms with Crippen LogP contribution in [0.15, 0.2) is 35.9 Å². The first-order chi connectivity index (χ1) is 8.24. The quantitative estimate of drug-likeness (QED) is 0.793. The molecular weight excluding hydrogens is 236 g/mol. The van der Waals surface area contributed by atoms with Crippen molar-refractivity contribution >= 4 is 23.2 Å². The number of anilines is 1. The number of carbonyl (C=O) groups is 1. The second-order valence-electron chi connectivity index (χ2n) is 4.05. The normalized spacial score (nSPS) is 15.5. The minimum absolute atomic E-state index is 0.0655. The number of piperidine rings is 1. The number of nitrogens with one attached hydrogen (secondary N) is 2. The topological polar surface area (TPSA) is 41.1 Å². The number of benzene rings is 1. The van der Waals surface area contributed by atoms with Crippen LogP contribution in [0.1, 0.15) is 12.8 Å². The summed E-state index contributed by atoms with van der Waals surface area (Å²) in [7, 11) is 0. The van der Waals surface area contributed by atoms with E-state index in [0.717, 1.165) is 31.6 Å². The highest BCUT2D eigenvalue weighted by molar-refractivity contribution is 6.30. The Balaban J connectivity index is 1.94. The highest BCUT2D eigenvalue weighted by Gasteiger charge is 2.06. The Hall–Kier alpha value is -1.32. The number of amides is 1. The van der Waals surface area contributed by atoms with Gasteiger partial charge in [-0.05, 0) is 50.2 Å². The van der Waals surface area contributed by atoms with Crippen molar-refractivity contribution in [1.29, 1.82) is 0 Å². The molecule has 3 nitrogen and oxygen atoms in total. The van der Waals surface area contributed by atoms with Crippen molar-refractivity contribution in [3.63, 3.8) is 0 Å². The van der Waals surface area contributed by atoms with Gasteiger partial charge in [0.2, 0.25) is 5.91 Å². The van der Waals surface area contributed by atoms with Crippen LogP contribution in [0.5, 0.6) is 0 Å². The van der Waals surface area contributed by atoms with Gasteiger partial charge in [0.05, 0.1) is 0 Å². The lowest BCUT2D eigenvalue weighted by Crippen LogP contribution is -2.24. The van der Waals surface area contributed by atoms with Crippen LogP contribution in [0.3, 0.4) is 0 Å². The van der Waals surface area contributed by atoms with E-state index in [1.54, 1.807) is 30.3 Å². The zero-order valence-electron chi connectivity index (χ0n) is 9.50. The molecule has 0 atom stereocenters. The van der Waals surface area contributed by atoms with Crippen LogP contribution in [0.25, 0.3) is 0 Å². The van der Waals surface area contributed by atoms with E-state index in [4.69, 9.17) is 11.6 Å². The Kier molecular flexibility index (Phi) is 4.18. The van der Waals surface area contributed by atoms with Gasteiger partial charge in [-0.3, -0.25) is 4.79 Å². The van der Waals surface area contributed by atoms with E-state index in [2.05, 4.69) is 10.6 Å². The molecule has 17 heavy (non-hydrogen) atoms. The van der Waals surface area contributed by atoms with Crippen LogP contribution in [0.4, 0.5) is 5.69 Å². The molecule has 1 heterocycles. The SMILES string of the molecule is O=C(C=C1CCNCC1)Nc1ccc(Cl)cc1. The largest absolute Gasteiger partial charge is 0.323 e. The maximum absolute atomic E-state index is 11.7. The maximum atomic E-state index is 11.7. The van der Waals surface area contributed by atoms with Crippen LogP contribution >= 0.6 is 11.6 Å². The molecule has 1 saturated heterocycles. The summed E-state index contributed by atoms with van der Waals surface area (Å²) in [4.78, 5) is 11.7. The van der Waals surface area contributed by atoms with Gasteiger partial charge in [0, 0.05) is 16.8 Å². The van der Waals surface area contributed by atoms with Gasteiger partial charge < -0.3 is 10.6 Å². The first-order valence-electron chi connectivity index (χ1n) is 5.71. The second-order valence-corrected chi connectivity index (χ2v) is 4.49. The molecule has 0 aliphatic carbocycles. The Morgan fingerprint density at radius 2 is 1.88 bits per heavy atom. The van der Waals surface area contributed by atoms with Crippen molar-refractivity contribution in [2.75, 3.05) is 18.4 Å². The Morgan fingerprint density at radius 3 is 2.53 bits per heavy atom. The Morgan fingerprint density at radius 1 is 1.24 bits per heavy atom. The van der Waals surface area contributed by atoms with E-state index in [9.17, 15) is 4.79 Å². The van der Waals surface area contributed by atoms with Gasteiger partial charge in [0.25, 0.3) is 0 Å². The van der Waals surface area contributed by atoms with Crippen LogP contribution in [-0.4, -0.2) is 19.0 Å². The van der Waals surface area contributed by atoms with Gasteiger partial charge >= 0.3 is 0 Å². The highest BCUT2D eigenvalue weighted by Crippen LogP contribution is 2.14. The van der Waals surface area contributed by atoms with Gasteiger partial charge in [-0.1, -0.05) is 17.2 Å². The molecule has 0 bridgehead atoms.